The van der Waals surface area contributed by atoms with Crippen LogP contribution in [0, 0.1) is 17.6 Å². The van der Waals surface area contributed by atoms with Crippen LogP contribution in [0.3, 0.4) is 0 Å². The van der Waals surface area contributed by atoms with Crippen molar-refractivity contribution < 1.29 is 32.2 Å². The standard InChI is InChI=1S/C14H13ClF4N2O3/c1-6-2-9(23)20-21-12(6)7-3-8(16)13(10(15)11(7)17)24-5-14(18,19)4-22/h3,6,22H,2,4-5H2,1H3,(H,20,23). The number of nitrogens with one attached hydrogen (secondary N) is 1. The highest BCUT2D eigenvalue weighted by Gasteiger charge is 2.32. The van der Waals surface area contributed by atoms with Gasteiger partial charge in [-0.15, -0.1) is 0 Å². The maximum Gasteiger partial charge on any atom is 0.303 e. The molecule has 1 aromatic carbocycles. The average Bonchev–Trinajstić information content (AvgIpc) is 2.51. The van der Waals surface area contributed by atoms with Crippen molar-refractivity contribution >= 4 is 23.2 Å². The van der Waals surface area contributed by atoms with Crippen LogP contribution in [0.25, 0.3) is 0 Å². The van der Waals surface area contributed by atoms with Gasteiger partial charge < -0.3 is 9.84 Å². The summed E-state index contributed by atoms with van der Waals surface area (Å²) in [6, 6.07) is 0.709. The molecule has 2 rings (SSSR count). The SMILES string of the molecule is CC1CC(=O)NN=C1c1cc(F)c(OCC(F)(F)CO)c(Cl)c1F. The molecule has 0 saturated heterocycles. The summed E-state index contributed by atoms with van der Waals surface area (Å²) >= 11 is 5.68. The Hall–Kier alpha value is -1.87. The Morgan fingerprint density at radius 2 is 2.17 bits per heavy atom. The summed E-state index contributed by atoms with van der Waals surface area (Å²) in [5.41, 5.74) is 1.92. The van der Waals surface area contributed by atoms with Gasteiger partial charge in [-0.25, -0.2) is 23.0 Å². The molecule has 1 atom stereocenters. The number of rotatable bonds is 5. The number of benzene rings is 1. The lowest BCUT2D eigenvalue weighted by molar-refractivity contribution is -0.121. The van der Waals surface area contributed by atoms with E-state index in [2.05, 4.69) is 15.3 Å². The van der Waals surface area contributed by atoms with Crippen LogP contribution in [0.4, 0.5) is 17.6 Å². The number of aliphatic hydroxyl groups excluding tert-OH is 1. The molecule has 24 heavy (non-hydrogen) atoms. The van der Waals surface area contributed by atoms with Crippen LogP contribution in [-0.2, 0) is 4.79 Å². The number of hydrogen-bond acceptors (Lipinski definition) is 4. The van der Waals surface area contributed by atoms with E-state index < -0.39 is 47.5 Å². The molecule has 1 unspecified atom stereocenters. The highest BCUT2D eigenvalue weighted by molar-refractivity contribution is 6.32. The Bertz CT molecular complexity index is 697. The smallest absolute Gasteiger partial charge is 0.303 e. The average molecular weight is 369 g/mol. The van der Waals surface area contributed by atoms with Crippen LogP contribution >= 0.6 is 11.6 Å². The van der Waals surface area contributed by atoms with Crippen LogP contribution < -0.4 is 10.2 Å². The topological polar surface area (TPSA) is 70.9 Å². The van der Waals surface area contributed by atoms with Gasteiger partial charge >= 0.3 is 5.92 Å². The quantitative estimate of drug-likeness (QED) is 0.619. The van der Waals surface area contributed by atoms with Gasteiger partial charge in [-0.05, 0) is 6.07 Å². The fourth-order valence-corrected chi connectivity index (χ4v) is 2.35. The lowest BCUT2D eigenvalue weighted by atomic mass is 9.93. The second-order valence-electron chi connectivity index (χ2n) is 5.30. The van der Waals surface area contributed by atoms with E-state index in [4.69, 9.17) is 16.7 Å². The van der Waals surface area contributed by atoms with Crippen LogP contribution in [0.1, 0.15) is 18.9 Å². The zero-order valence-electron chi connectivity index (χ0n) is 12.4. The zero-order valence-corrected chi connectivity index (χ0v) is 13.1. The number of halogens is 5. The minimum Gasteiger partial charge on any atom is -0.482 e. The van der Waals surface area contributed by atoms with Gasteiger partial charge in [-0.2, -0.15) is 5.10 Å². The number of alkyl halides is 2. The van der Waals surface area contributed by atoms with Crippen LogP contribution in [0.2, 0.25) is 5.02 Å². The Morgan fingerprint density at radius 1 is 1.50 bits per heavy atom. The van der Waals surface area contributed by atoms with Crippen molar-refractivity contribution in [2.45, 2.75) is 19.3 Å². The molecule has 1 aliphatic rings. The van der Waals surface area contributed by atoms with E-state index in [1.54, 1.807) is 6.92 Å². The third-order valence-electron chi connectivity index (χ3n) is 3.31. The number of carbonyl (C=O) groups is 1. The molecule has 1 aliphatic heterocycles. The van der Waals surface area contributed by atoms with Crippen molar-refractivity contribution in [2.75, 3.05) is 13.2 Å². The highest BCUT2D eigenvalue weighted by atomic mass is 35.5. The summed E-state index contributed by atoms with van der Waals surface area (Å²) in [7, 11) is 0. The predicted octanol–water partition coefficient (Wildman–Crippen LogP) is 2.48. The lowest BCUT2D eigenvalue weighted by Gasteiger charge is -2.21. The molecule has 0 fully saturated rings. The third-order valence-corrected chi connectivity index (χ3v) is 3.65. The molecule has 0 aromatic heterocycles. The maximum atomic E-state index is 14.4. The number of ether oxygens (including phenoxy) is 1. The van der Waals surface area contributed by atoms with Crippen molar-refractivity contribution in [2.24, 2.45) is 11.0 Å². The molecule has 132 valence electrons. The van der Waals surface area contributed by atoms with Gasteiger partial charge in [-0.3, -0.25) is 4.79 Å². The molecule has 0 radical (unpaired) electrons. The Morgan fingerprint density at radius 3 is 2.75 bits per heavy atom. The fourth-order valence-electron chi connectivity index (χ4n) is 2.10. The highest BCUT2D eigenvalue weighted by Crippen LogP contribution is 2.35. The third kappa shape index (κ3) is 3.78. The summed E-state index contributed by atoms with van der Waals surface area (Å²) in [5, 5.41) is 11.3. The van der Waals surface area contributed by atoms with E-state index in [9.17, 15) is 22.4 Å². The van der Waals surface area contributed by atoms with E-state index in [-0.39, 0.29) is 23.6 Å². The molecule has 0 aliphatic carbocycles. The minimum atomic E-state index is -3.63. The van der Waals surface area contributed by atoms with Crippen molar-refractivity contribution in [3.63, 3.8) is 0 Å². The van der Waals surface area contributed by atoms with Crippen molar-refractivity contribution in [3.8, 4) is 5.75 Å². The van der Waals surface area contributed by atoms with Gasteiger partial charge in [0, 0.05) is 17.9 Å². The molecule has 0 spiro atoms. The Balaban J connectivity index is 2.37. The molecule has 10 heteroatoms. The van der Waals surface area contributed by atoms with Crippen molar-refractivity contribution in [1.82, 2.24) is 5.43 Å². The Kier molecular flexibility index (Phi) is 5.34. The number of hydrogen-bond donors (Lipinski definition) is 2. The van der Waals surface area contributed by atoms with Gasteiger partial charge in [0.25, 0.3) is 0 Å². The lowest BCUT2D eigenvalue weighted by Crippen LogP contribution is -2.32. The number of hydrazone groups is 1. The predicted molar refractivity (Wildman–Crippen MR) is 77.4 cm³/mol. The summed E-state index contributed by atoms with van der Waals surface area (Å²) < 4.78 is 59.0. The van der Waals surface area contributed by atoms with Crippen molar-refractivity contribution in [3.05, 3.63) is 28.3 Å². The monoisotopic (exact) mass is 368 g/mol. The van der Waals surface area contributed by atoms with Gasteiger partial charge in [0.15, 0.2) is 24.0 Å². The number of amides is 1. The second-order valence-corrected chi connectivity index (χ2v) is 5.68. The first kappa shape index (κ1) is 18.5. The fraction of sp³-hybridized carbons (Fsp3) is 0.429. The molecule has 1 aromatic rings. The number of nitrogens with zero attached hydrogens (tertiary/aromatic N) is 1. The molecule has 0 bridgehead atoms. The molecule has 1 amide bonds. The first-order valence-electron chi connectivity index (χ1n) is 6.82. The van der Waals surface area contributed by atoms with E-state index in [1.807, 2.05) is 0 Å². The van der Waals surface area contributed by atoms with Crippen LogP contribution in [-0.4, -0.2) is 35.9 Å². The molecule has 2 N–H and O–H groups in total. The number of aliphatic hydroxyl groups is 1. The normalized spacial score (nSPS) is 18.2. The summed E-state index contributed by atoms with van der Waals surface area (Å²) in [6.45, 7) is -1.29. The van der Waals surface area contributed by atoms with E-state index in [1.165, 1.54) is 0 Å². The van der Waals surface area contributed by atoms with Gasteiger partial charge in [-0.1, -0.05) is 18.5 Å². The van der Waals surface area contributed by atoms with Gasteiger partial charge in [0.2, 0.25) is 5.91 Å². The maximum absolute atomic E-state index is 14.4. The van der Waals surface area contributed by atoms with E-state index >= 15 is 0 Å². The summed E-state index contributed by atoms with van der Waals surface area (Å²) in [5.74, 6) is -7.66. The van der Waals surface area contributed by atoms with E-state index in [0.717, 1.165) is 0 Å². The van der Waals surface area contributed by atoms with Crippen molar-refractivity contribution in [1.29, 1.82) is 0 Å². The molecule has 0 saturated carbocycles. The first-order valence-corrected chi connectivity index (χ1v) is 7.20. The summed E-state index contributed by atoms with van der Waals surface area (Å²) in [6.07, 6.45) is 0.0263. The minimum absolute atomic E-state index is 0.0263. The van der Waals surface area contributed by atoms with Crippen LogP contribution in [0.5, 0.6) is 5.75 Å². The Labute approximate surface area is 139 Å². The summed E-state index contributed by atoms with van der Waals surface area (Å²) in [4.78, 5) is 11.2. The van der Waals surface area contributed by atoms with Gasteiger partial charge in [0.1, 0.15) is 11.6 Å². The first-order chi connectivity index (χ1) is 11.2. The molecule has 5 nitrogen and oxygen atoms in total. The second kappa shape index (κ2) is 6.94. The number of carbonyl (C=O) groups excluding carboxylic acids is 1. The van der Waals surface area contributed by atoms with Crippen LogP contribution in [0.15, 0.2) is 11.2 Å². The molecular weight excluding hydrogens is 356 g/mol. The molecule has 1 heterocycles. The molecular formula is C14H13ClF4N2O3. The largest absolute Gasteiger partial charge is 0.482 e. The van der Waals surface area contributed by atoms with E-state index in [0.29, 0.717) is 6.07 Å². The zero-order chi connectivity index (χ0) is 18.1. The van der Waals surface area contributed by atoms with Gasteiger partial charge in [0.05, 0.1) is 5.71 Å².